The predicted molar refractivity (Wildman–Crippen MR) is 124 cm³/mol. The van der Waals surface area contributed by atoms with Gasteiger partial charge in [0.25, 0.3) is 0 Å². The molecule has 0 aromatic heterocycles. The highest BCUT2D eigenvalue weighted by Crippen LogP contribution is 2.47. The lowest BCUT2D eigenvalue weighted by atomic mass is 9.76. The molecule has 0 saturated heterocycles. The highest BCUT2D eigenvalue weighted by atomic mass is 28.3. The molecule has 1 aromatic carbocycles. The van der Waals surface area contributed by atoms with Gasteiger partial charge < -0.3 is 23.7 Å². The maximum Gasteiger partial charge on any atom is 0.341 e. The fourth-order valence-corrected chi connectivity index (χ4v) is 4.83. The van der Waals surface area contributed by atoms with Gasteiger partial charge in [-0.2, -0.15) is 0 Å². The molecule has 32 heavy (non-hydrogen) atoms. The van der Waals surface area contributed by atoms with E-state index in [1.807, 2.05) is 33.0 Å². The van der Waals surface area contributed by atoms with Crippen LogP contribution in [0.25, 0.3) is 0 Å². The van der Waals surface area contributed by atoms with Crippen LogP contribution >= 0.6 is 0 Å². The number of rotatable bonds is 9. The van der Waals surface area contributed by atoms with Gasteiger partial charge in [-0.15, -0.1) is 0 Å². The zero-order chi connectivity index (χ0) is 24.4. The molecular formula is C24H35O7Si. The molecule has 2 rings (SSSR count). The summed E-state index contributed by atoms with van der Waals surface area (Å²) in [5.41, 5.74) is 4.31. The van der Waals surface area contributed by atoms with Crippen LogP contribution < -0.4 is 4.74 Å². The largest absolute Gasteiger partial charge is 0.496 e. The Labute approximate surface area is 192 Å². The number of hydrogen-bond donors (Lipinski definition) is 1. The van der Waals surface area contributed by atoms with Crippen LogP contribution in [-0.4, -0.2) is 46.4 Å². The SMILES string of the molecule is COc1c(C)c2c(c(C(C)(C)C)c1CC=C(C)C(CC(=O)O)OC)C(=O)OC2O[Si](C)C. The molecule has 1 aliphatic heterocycles. The Morgan fingerprint density at radius 2 is 1.91 bits per heavy atom. The summed E-state index contributed by atoms with van der Waals surface area (Å²) < 4.78 is 22.8. The lowest BCUT2D eigenvalue weighted by molar-refractivity contribution is -0.139. The van der Waals surface area contributed by atoms with E-state index in [1.54, 1.807) is 7.11 Å². The number of carbonyl (C=O) groups is 2. The van der Waals surface area contributed by atoms with Gasteiger partial charge in [-0.25, -0.2) is 4.79 Å². The van der Waals surface area contributed by atoms with E-state index in [2.05, 4.69) is 20.8 Å². The number of esters is 1. The third-order valence-electron chi connectivity index (χ3n) is 5.57. The molecule has 1 N–H and O–H groups in total. The van der Waals surface area contributed by atoms with Crippen molar-refractivity contribution >= 4 is 21.0 Å². The third-order valence-corrected chi connectivity index (χ3v) is 6.26. The lowest BCUT2D eigenvalue weighted by Gasteiger charge is -2.28. The van der Waals surface area contributed by atoms with Crippen LogP contribution in [0.1, 0.15) is 73.0 Å². The van der Waals surface area contributed by atoms with Crippen molar-refractivity contribution in [1.82, 2.24) is 0 Å². The van der Waals surface area contributed by atoms with E-state index in [9.17, 15) is 9.59 Å². The average Bonchev–Trinajstić information content (AvgIpc) is 2.98. The molecule has 0 aliphatic carbocycles. The quantitative estimate of drug-likeness (QED) is 0.322. The number of ether oxygens (including phenoxy) is 3. The number of carboxylic acids is 1. The van der Waals surface area contributed by atoms with Crippen molar-refractivity contribution in [3.63, 3.8) is 0 Å². The molecule has 7 nitrogen and oxygen atoms in total. The molecule has 2 atom stereocenters. The van der Waals surface area contributed by atoms with Crippen LogP contribution in [0, 0.1) is 6.92 Å². The van der Waals surface area contributed by atoms with Gasteiger partial charge in [-0.3, -0.25) is 4.79 Å². The summed E-state index contributed by atoms with van der Waals surface area (Å²) in [5, 5.41) is 9.15. The van der Waals surface area contributed by atoms with Gasteiger partial charge in [0.2, 0.25) is 15.3 Å². The zero-order valence-electron chi connectivity index (χ0n) is 20.5. The molecular weight excluding hydrogens is 428 g/mol. The summed E-state index contributed by atoms with van der Waals surface area (Å²) in [5.74, 6) is -0.614. The second-order valence-corrected chi connectivity index (χ2v) is 11.3. The number of carboxylic acid groups (broad SMARTS) is 1. The number of allylic oxidation sites excluding steroid dienone is 1. The maximum atomic E-state index is 13.0. The summed E-state index contributed by atoms with van der Waals surface area (Å²) in [4.78, 5) is 24.2. The second kappa shape index (κ2) is 10.2. The molecule has 8 heteroatoms. The van der Waals surface area contributed by atoms with Gasteiger partial charge in [-0.05, 0) is 49.9 Å². The highest BCUT2D eigenvalue weighted by Gasteiger charge is 2.42. The van der Waals surface area contributed by atoms with Gasteiger partial charge in [0.15, 0.2) is 0 Å². The molecule has 1 aliphatic rings. The van der Waals surface area contributed by atoms with Gasteiger partial charge >= 0.3 is 11.9 Å². The van der Waals surface area contributed by atoms with Gasteiger partial charge in [0, 0.05) is 23.8 Å². The first kappa shape index (κ1) is 26.1. The molecule has 0 spiro atoms. The van der Waals surface area contributed by atoms with Crippen LogP contribution in [0.5, 0.6) is 5.75 Å². The smallest absolute Gasteiger partial charge is 0.341 e. The standard InChI is InChI=1S/C24H35O7Si/c1-13(16(28-6)12-17(25)26)10-11-15-20(24(3,4)5)19-18(14(2)21(15)29-7)23(30-22(19)27)31-32(8)9/h10,16,23H,11-12H2,1-9H3,(H,25,26). The topological polar surface area (TPSA) is 91.3 Å². The van der Waals surface area contributed by atoms with Crippen LogP contribution in [0.3, 0.4) is 0 Å². The van der Waals surface area contributed by atoms with E-state index in [4.69, 9.17) is 23.7 Å². The molecule has 0 amide bonds. The van der Waals surface area contributed by atoms with Crippen molar-refractivity contribution in [2.75, 3.05) is 14.2 Å². The minimum Gasteiger partial charge on any atom is -0.496 e. The number of cyclic esters (lactones) is 1. The maximum absolute atomic E-state index is 13.0. The Hall–Kier alpha value is -2.16. The zero-order valence-corrected chi connectivity index (χ0v) is 21.5. The van der Waals surface area contributed by atoms with Crippen molar-refractivity contribution < 1.29 is 33.3 Å². The Morgan fingerprint density at radius 1 is 1.28 bits per heavy atom. The molecule has 2 unspecified atom stereocenters. The Morgan fingerprint density at radius 3 is 2.38 bits per heavy atom. The van der Waals surface area contributed by atoms with Crippen molar-refractivity contribution in [1.29, 1.82) is 0 Å². The van der Waals surface area contributed by atoms with Crippen LogP contribution in [0.15, 0.2) is 11.6 Å². The number of methoxy groups -OCH3 is 2. The molecule has 1 radical (unpaired) electrons. The first-order chi connectivity index (χ1) is 14.8. The normalized spacial score (nSPS) is 17.4. The van der Waals surface area contributed by atoms with E-state index in [1.165, 1.54) is 7.11 Å². The second-order valence-electron chi connectivity index (χ2n) is 9.29. The van der Waals surface area contributed by atoms with E-state index >= 15 is 0 Å². The minimum absolute atomic E-state index is 0.116. The molecule has 1 aromatic rings. The molecule has 0 fully saturated rings. The highest BCUT2D eigenvalue weighted by molar-refractivity contribution is 6.48. The Bertz CT molecular complexity index is 912. The van der Waals surface area contributed by atoms with Gasteiger partial charge in [0.05, 0.1) is 25.2 Å². The van der Waals surface area contributed by atoms with Crippen LogP contribution in [0.4, 0.5) is 0 Å². The number of fused-ring (bicyclic) bond motifs is 1. The van der Waals surface area contributed by atoms with E-state index in [0.29, 0.717) is 17.7 Å². The summed E-state index contributed by atoms with van der Waals surface area (Å²) >= 11 is 0. The van der Waals surface area contributed by atoms with Crippen molar-refractivity contribution in [2.24, 2.45) is 0 Å². The molecule has 0 saturated carbocycles. The van der Waals surface area contributed by atoms with Gasteiger partial charge in [0.1, 0.15) is 5.75 Å². The van der Waals surface area contributed by atoms with Crippen molar-refractivity contribution in [3.05, 3.63) is 39.5 Å². The Balaban J connectivity index is 2.70. The van der Waals surface area contributed by atoms with Crippen LogP contribution in [0.2, 0.25) is 13.1 Å². The Kier molecular flexibility index (Phi) is 8.31. The number of aliphatic carboxylic acids is 1. The number of carbonyl (C=O) groups excluding carboxylic acids is 1. The molecule has 1 heterocycles. The lowest BCUT2D eigenvalue weighted by Crippen LogP contribution is -2.21. The monoisotopic (exact) mass is 463 g/mol. The number of benzene rings is 1. The first-order valence-electron chi connectivity index (χ1n) is 10.7. The summed E-state index contributed by atoms with van der Waals surface area (Å²) in [6.45, 7) is 13.9. The summed E-state index contributed by atoms with van der Waals surface area (Å²) in [7, 11) is 2.01. The molecule has 0 bridgehead atoms. The fourth-order valence-electron chi connectivity index (χ4n) is 4.24. The van der Waals surface area contributed by atoms with E-state index in [-0.39, 0.29) is 17.8 Å². The van der Waals surface area contributed by atoms with Gasteiger partial charge in [-0.1, -0.05) is 26.8 Å². The van der Waals surface area contributed by atoms with Crippen molar-refractivity contribution in [3.8, 4) is 5.75 Å². The minimum atomic E-state index is -1.11. The molecule has 177 valence electrons. The number of hydrogen-bond acceptors (Lipinski definition) is 6. The first-order valence-corrected chi connectivity index (χ1v) is 13.1. The van der Waals surface area contributed by atoms with Crippen LogP contribution in [-0.2, 0) is 30.5 Å². The average molecular weight is 464 g/mol. The summed E-state index contributed by atoms with van der Waals surface area (Å²) in [6, 6.07) is 0. The predicted octanol–water partition coefficient (Wildman–Crippen LogP) is 4.72. The van der Waals surface area contributed by atoms with E-state index in [0.717, 1.165) is 27.8 Å². The fraction of sp³-hybridized carbons (Fsp3) is 0.583. The summed E-state index contributed by atoms with van der Waals surface area (Å²) in [6.07, 6.45) is 1.05. The third kappa shape index (κ3) is 5.42. The van der Waals surface area contributed by atoms with E-state index < -0.39 is 27.4 Å². The van der Waals surface area contributed by atoms with Crippen molar-refractivity contribution in [2.45, 2.75) is 78.4 Å².